The van der Waals surface area contributed by atoms with E-state index in [1.807, 2.05) is 0 Å². The van der Waals surface area contributed by atoms with E-state index in [1.54, 1.807) is 12.0 Å². The van der Waals surface area contributed by atoms with Gasteiger partial charge in [-0.25, -0.2) is 0 Å². The summed E-state index contributed by atoms with van der Waals surface area (Å²) >= 11 is 0. The first-order chi connectivity index (χ1) is 10.1. The van der Waals surface area contributed by atoms with Gasteiger partial charge in [0.1, 0.15) is 0 Å². The third kappa shape index (κ3) is 12.2. The van der Waals surface area contributed by atoms with Crippen LogP contribution in [0.5, 0.6) is 0 Å². The van der Waals surface area contributed by atoms with E-state index in [2.05, 4.69) is 9.47 Å². The van der Waals surface area contributed by atoms with Gasteiger partial charge in [-0.15, -0.1) is 0 Å². The topological polar surface area (TPSA) is 83.5 Å². The Bertz CT molecular complexity index is 268. The Morgan fingerprint density at radius 1 is 0.762 bits per heavy atom. The predicted molar refractivity (Wildman–Crippen MR) is 74.0 cm³/mol. The van der Waals surface area contributed by atoms with Crippen molar-refractivity contribution >= 4 is 11.9 Å². The molecule has 8 nitrogen and oxygen atoms in total. The molecule has 0 aromatic heterocycles. The number of nitrogens with zero attached hydrogens (tertiary/aromatic N) is 1. The highest BCUT2D eigenvalue weighted by molar-refractivity contribution is 5.74. The first-order valence-electron chi connectivity index (χ1n) is 6.64. The lowest BCUT2D eigenvalue weighted by Crippen LogP contribution is -2.38. The number of hydrogen-bond acceptors (Lipinski definition) is 8. The number of hydrogen-bond donors (Lipinski definition) is 0. The fraction of sp³-hybridized carbons (Fsp3) is 0.846. The molecule has 0 aromatic carbocycles. The number of esters is 2. The zero-order valence-electron chi connectivity index (χ0n) is 13.0. The maximum absolute atomic E-state index is 11.2. The highest BCUT2D eigenvalue weighted by Crippen LogP contribution is 1.92. The van der Waals surface area contributed by atoms with Crippen LogP contribution < -0.4 is 0 Å². The highest BCUT2D eigenvalue weighted by Gasteiger charge is 2.14. The van der Waals surface area contributed by atoms with Crippen molar-refractivity contribution in [2.45, 2.75) is 0 Å². The van der Waals surface area contributed by atoms with E-state index < -0.39 is 11.9 Å². The van der Waals surface area contributed by atoms with E-state index in [0.717, 1.165) is 0 Å². The molecule has 124 valence electrons. The van der Waals surface area contributed by atoms with Crippen molar-refractivity contribution in [2.24, 2.45) is 0 Å². The molecule has 0 saturated heterocycles. The van der Waals surface area contributed by atoms with Gasteiger partial charge in [0.15, 0.2) is 0 Å². The first-order valence-corrected chi connectivity index (χ1v) is 6.64. The Hall–Kier alpha value is -1.22. The number of methoxy groups -OCH3 is 3. The summed E-state index contributed by atoms with van der Waals surface area (Å²) in [6, 6.07) is 0. The van der Waals surface area contributed by atoms with Gasteiger partial charge in [-0.1, -0.05) is 0 Å². The molecular weight excluding hydrogens is 282 g/mol. The first kappa shape index (κ1) is 19.8. The van der Waals surface area contributed by atoms with Crippen molar-refractivity contribution < 1.29 is 33.3 Å². The van der Waals surface area contributed by atoms with Crippen LogP contribution in [0.4, 0.5) is 0 Å². The third-order valence-corrected chi connectivity index (χ3v) is 2.52. The summed E-state index contributed by atoms with van der Waals surface area (Å²) in [6.07, 6.45) is 0. The molecule has 0 N–H and O–H groups in total. The summed E-state index contributed by atoms with van der Waals surface area (Å²) < 4.78 is 24.6. The molecule has 0 radical (unpaired) electrons. The maximum atomic E-state index is 11.2. The van der Waals surface area contributed by atoms with Crippen molar-refractivity contribution in [1.29, 1.82) is 0 Å². The molecule has 21 heavy (non-hydrogen) atoms. The van der Waals surface area contributed by atoms with E-state index in [0.29, 0.717) is 39.6 Å². The molecule has 0 spiro atoms. The average Bonchev–Trinajstić information content (AvgIpc) is 2.49. The van der Waals surface area contributed by atoms with E-state index in [4.69, 9.17) is 14.2 Å². The Morgan fingerprint density at radius 3 is 1.71 bits per heavy atom. The van der Waals surface area contributed by atoms with Crippen LogP contribution in [0.3, 0.4) is 0 Å². The Morgan fingerprint density at radius 2 is 1.24 bits per heavy atom. The minimum atomic E-state index is -0.415. The summed E-state index contributed by atoms with van der Waals surface area (Å²) in [7, 11) is 4.20. The van der Waals surface area contributed by atoms with Crippen molar-refractivity contribution in [2.75, 3.05) is 74.0 Å². The lowest BCUT2D eigenvalue weighted by Gasteiger charge is -2.19. The molecule has 0 saturated carbocycles. The van der Waals surface area contributed by atoms with Crippen LogP contribution in [-0.2, 0) is 33.3 Å². The number of carbonyl (C=O) groups is 2. The van der Waals surface area contributed by atoms with Gasteiger partial charge in [0, 0.05) is 13.7 Å². The van der Waals surface area contributed by atoms with Gasteiger partial charge in [0.25, 0.3) is 0 Å². The molecule has 0 amide bonds. The summed E-state index contributed by atoms with van der Waals surface area (Å²) in [5, 5.41) is 0. The predicted octanol–water partition coefficient (Wildman–Crippen LogP) is -0.686. The van der Waals surface area contributed by atoms with E-state index >= 15 is 0 Å². The molecule has 0 bridgehead atoms. The van der Waals surface area contributed by atoms with Gasteiger partial charge in [0.2, 0.25) is 0 Å². The zero-order valence-corrected chi connectivity index (χ0v) is 13.0. The number of ether oxygens (including phenoxy) is 5. The second kappa shape index (κ2) is 13.7. The summed E-state index contributed by atoms with van der Waals surface area (Å²) in [5.41, 5.74) is 0. The largest absolute Gasteiger partial charge is 0.468 e. The smallest absolute Gasteiger partial charge is 0.319 e. The molecule has 0 rings (SSSR count). The Labute approximate surface area is 125 Å². The maximum Gasteiger partial charge on any atom is 0.319 e. The van der Waals surface area contributed by atoms with Gasteiger partial charge in [0.05, 0.1) is 60.3 Å². The van der Waals surface area contributed by atoms with E-state index in [-0.39, 0.29) is 13.1 Å². The van der Waals surface area contributed by atoms with Gasteiger partial charge in [-0.2, -0.15) is 0 Å². The Balaban J connectivity index is 3.79. The molecular formula is C13H25NO7. The second-order valence-corrected chi connectivity index (χ2v) is 4.08. The third-order valence-electron chi connectivity index (χ3n) is 2.52. The molecule has 0 atom stereocenters. The van der Waals surface area contributed by atoms with Gasteiger partial charge >= 0.3 is 11.9 Å². The van der Waals surface area contributed by atoms with Gasteiger partial charge < -0.3 is 23.7 Å². The normalized spacial score (nSPS) is 10.7. The van der Waals surface area contributed by atoms with Crippen LogP contribution in [0.15, 0.2) is 0 Å². The number of carbonyl (C=O) groups excluding carboxylic acids is 2. The highest BCUT2D eigenvalue weighted by atomic mass is 16.5. The molecule has 0 aliphatic rings. The quantitative estimate of drug-likeness (QED) is 0.327. The molecule has 0 fully saturated rings. The monoisotopic (exact) mass is 307 g/mol. The number of rotatable bonds is 13. The minimum absolute atomic E-state index is 0.0132. The molecule has 0 unspecified atom stereocenters. The molecule has 8 heteroatoms. The SMILES string of the molecule is COCCOCCOCCN(CC(=O)OC)CC(=O)OC. The average molecular weight is 307 g/mol. The van der Waals surface area contributed by atoms with Crippen LogP contribution in [0.1, 0.15) is 0 Å². The molecule has 0 heterocycles. The van der Waals surface area contributed by atoms with Crippen LogP contribution in [0.2, 0.25) is 0 Å². The van der Waals surface area contributed by atoms with Crippen LogP contribution >= 0.6 is 0 Å². The van der Waals surface area contributed by atoms with E-state index in [1.165, 1.54) is 14.2 Å². The summed E-state index contributed by atoms with van der Waals surface area (Å²) in [6.45, 7) is 2.80. The fourth-order valence-corrected chi connectivity index (χ4v) is 1.37. The molecule has 0 aliphatic heterocycles. The Kier molecular flexibility index (Phi) is 13.0. The van der Waals surface area contributed by atoms with E-state index in [9.17, 15) is 9.59 Å². The summed E-state index contributed by atoms with van der Waals surface area (Å²) in [5.74, 6) is -0.830. The van der Waals surface area contributed by atoms with Crippen LogP contribution in [0.25, 0.3) is 0 Å². The van der Waals surface area contributed by atoms with Gasteiger partial charge in [-0.3, -0.25) is 14.5 Å². The van der Waals surface area contributed by atoms with Crippen molar-refractivity contribution in [3.05, 3.63) is 0 Å². The van der Waals surface area contributed by atoms with Crippen LogP contribution in [0, 0.1) is 0 Å². The standard InChI is InChI=1S/C13H25NO7/c1-17-6-7-21-9-8-20-5-4-14(10-12(15)18-2)11-13(16)19-3/h4-11H2,1-3H3. The minimum Gasteiger partial charge on any atom is -0.468 e. The fourth-order valence-electron chi connectivity index (χ4n) is 1.37. The lowest BCUT2D eigenvalue weighted by atomic mass is 10.4. The zero-order chi connectivity index (χ0) is 15.9. The van der Waals surface area contributed by atoms with Crippen molar-refractivity contribution in [1.82, 2.24) is 4.90 Å². The molecule has 0 aliphatic carbocycles. The second-order valence-electron chi connectivity index (χ2n) is 4.08. The van der Waals surface area contributed by atoms with Gasteiger partial charge in [-0.05, 0) is 0 Å². The van der Waals surface area contributed by atoms with Crippen molar-refractivity contribution in [3.8, 4) is 0 Å². The van der Waals surface area contributed by atoms with Crippen molar-refractivity contribution in [3.63, 3.8) is 0 Å². The van der Waals surface area contributed by atoms with Crippen LogP contribution in [-0.4, -0.2) is 90.8 Å². The summed E-state index contributed by atoms with van der Waals surface area (Å²) in [4.78, 5) is 24.1. The lowest BCUT2D eigenvalue weighted by molar-refractivity contribution is -0.145. The molecule has 0 aromatic rings.